The maximum atomic E-state index is 14.6. The van der Waals surface area contributed by atoms with Crippen molar-refractivity contribution >= 4 is 41.2 Å². The van der Waals surface area contributed by atoms with E-state index in [0.29, 0.717) is 41.3 Å². The summed E-state index contributed by atoms with van der Waals surface area (Å²) in [6, 6.07) is 16.5. The van der Waals surface area contributed by atoms with Gasteiger partial charge in [-0.3, -0.25) is 14.4 Å². The van der Waals surface area contributed by atoms with Crippen LogP contribution in [0, 0.1) is 12.8 Å². The van der Waals surface area contributed by atoms with Crippen LogP contribution >= 0.6 is 0 Å². The van der Waals surface area contributed by atoms with Gasteiger partial charge in [-0.05, 0) is 73.6 Å². The number of benzene rings is 3. The Morgan fingerprint density at radius 2 is 1.64 bits per heavy atom. The third-order valence-electron chi connectivity index (χ3n) is 10.6. The maximum absolute atomic E-state index is 14.6. The van der Waals surface area contributed by atoms with E-state index in [1.807, 2.05) is 43.3 Å². The van der Waals surface area contributed by atoms with Gasteiger partial charge in [0.25, 0.3) is 5.91 Å². The maximum Gasteiger partial charge on any atom is 0.328 e. The summed E-state index contributed by atoms with van der Waals surface area (Å²) in [5, 5.41) is 18.4. The van der Waals surface area contributed by atoms with E-state index in [1.165, 1.54) is 14.2 Å². The number of imide groups is 1. The van der Waals surface area contributed by atoms with Gasteiger partial charge in [-0.25, -0.2) is 14.5 Å². The van der Waals surface area contributed by atoms with Crippen LogP contribution in [0.3, 0.4) is 0 Å². The first-order valence-electron chi connectivity index (χ1n) is 18.1. The predicted octanol–water partition coefficient (Wildman–Crippen LogP) is 6.62. The molecular formula is C40H47N5O8. The first-order valence-corrected chi connectivity index (χ1v) is 18.1. The Kier molecular flexibility index (Phi) is 11.2. The number of nitrogens with zero attached hydrogens (tertiary/aromatic N) is 2. The lowest BCUT2D eigenvalue weighted by Gasteiger charge is -2.38. The van der Waals surface area contributed by atoms with E-state index in [2.05, 4.69) is 16.0 Å². The van der Waals surface area contributed by atoms with Crippen molar-refractivity contribution in [1.82, 2.24) is 15.1 Å². The number of carbonyl (C=O) groups excluding carboxylic acids is 4. The smallest absolute Gasteiger partial charge is 0.328 e. The fraction of sp³-hybridized carbons (Fsp3) is 0.425. The molecule has 1 spiro atoms. The second kappa shape index (κ2) is 16.0. The normalized spacial score (nSPS) is 17.6. The Morgan fingerprint density at radius 1 is 0.925 bits per heavy atom. The lowest BCUT2D eigenvalue weighted by molar-refractivity contribution is -0.142. The molecule has 1 heterocycles. The van der Waals surface area contributed by atoms with Crippen molar-refractivity contribution < 1.29 is 38.6 Å². The Labute approximate surface area is 309 Å². The van der Waals surface area contributed by atoms with Crippen molar-refractivity contribution in [1.29, 1.82) is 0 Å². The molecule has 53 heavy (non-hydrogen) atoms. The Balaban J connectivity index is 1.24. The SMILES string of the molecule is COc1ccc(C(CC(=O)O)NC(=O)[C@H](CC2CC2)N2C(=O)N(Cc3ccc(NC(=O)Nc4ccccc4C)cc3)C3(CCCCC3)C2=O)c(OC)c1. The average molecular weight is 726 g/mol. The minimum atomic E-state index is -1.14. The summed E-state index contributed by atoms with van der Waals surface area (Å²) in [5.74, 6) is -1.11. The minimum absolute atomic E-state index is 0.138. The predicted molar refractivity (Wildman–Crippen MR) is 198 cm³/mol. The molecule has 280 valence electrons. The number of hydrogen-bond acceptors (Lipinski definition) is 7. The minimum Gasteiger partial charge on any atom is -0.497 e. The van der Waals surface area contributed by atoms with Gasteiger partial charge in [-0.15, -0.1) is 0 Å². The van der Waals surface area contributed by atoms with E-state index in [4.69, 9.17) is 9.47 Å². The summed E-state index contributed by atoms with van der Waals surface area (Å²) in [6.45, 7) is 2.05. The van der Waals surface area contributed by atoms with Gasteiger partial charge < -0.3 is 35.4 Å². The molecule has 3 aliphatic rings. The monoisotopic (exact) mass is 725 g/mol. The Morgan fingerprint density at radius 3 is 2.28 bits per heavy atom. The van der Waals surface area contributed by atoms with Crippen LogP contribution in [0.15, 0.2) is 66.7 Å². The molecule has 4 N–H and O–H groups in total. The molecule has 1 unspecified atom stereocenters. The highest BCUT2D eigenvalue weighted by atomic mass is 16.5. The van der Waals surface area contributed by atoms with E-state index in [9.17, 15) is 29.1 Å². The van der Waals surface area contributed by atoms with Crippen molar-refractivity contribution in [3.8, 4) is 11.5 Å². The summed E-state index contributed by atoms with van der Waals surface area (Å²) in [4.78, 5) is 70.9. The van der Waals surface area contributed by atoms with Gasteiger partial charge >= 0.3 is 18.0 Å². The number of urea groups is 2. The molecular weight excluding hydrogens is 678 g/mol. The number of aliphatic carboxylic acids is 1. The number of nitrogens with one attached hydrogen (secondary N) is 3. The van der Waals surface area contributed by atoms with E-state index >= 15 is 0 Å². The molecule has 0 aromatic heterocycles. The number of para-hydroxylation sites is 1. The number of anilines is 2. The van der Waals surface area contributed by atoms with Crippen molar-refractivity contribution in [2.45, 2.75) is 88.9 Å². The van der Waals surface area contributed by atoms with Gasteiger partial charge in [0, 0.05) is 29.5 Å². The highest BCUT2D eigenvalue weighted by molar-refractivity contribution is 6.10. The molecule has 13 heteroatoms. The molecule has 2 aliphatic carbocycles. The first-order chi connectivity index (χ1) is 25.5. The van der Waals surface area contributed by atoms with Crippen LogP contribution in [0.1, 0.15) is 80.5 Å². The largest absolute Gasteiger partial charge is 0.497 e. The zero-order valence-corrected chi connectivity index (χ0v) is 30.4. The summed E-state index contributed by atoms with van der Waals surface area (Å²) >= 11 is 0. The third kappa shape index (κ3) is 8.24. The molecule has 1 saturated heterocycles. The fourth-order valence-electron chi connectivity index (χ4n) is 7.51. The zero-order valence-electron chi connectivity index (χ0n) is 30.4. The highest BCUT2D eigenvalue weighted by Gasteiger charge is 2.60. The van der Waals surface area contributed by atoms with E-state index < -0.39 is 42.0 Å². The number of aryl methyl sites for hydroxylation is 1. The topological polar surface area (TPSA) is 167 Å². The van der Waals surface area contributed by atoms with Crippen molar-refractivity contribution in [3.05, 3.63) is 83.4 Å². The molecule has 3 fully saturated rings. The summed E-state index contributed by atoms with van der Waals surface area (Å²) in [5.41, 5.74) is 2.30. The van der Waals surface area contributed by atoms with Crippen LogP contribution in [-0.4, -0.2) is 70.6 Å². The van der Waals surface area contributed by atoms with Gasteiger partial charge in [-0.1, -0.05) is 62.4 Å². The number of rotatable bonds is 14. The van der Waals surface area contributed by atoms with E-state index in [1.54, 1.807) is 35.2 Å². The molecule has 6 rings (SSSR count). The van der Waals surface area contributed by atoms with Crippen LogP contribution < -0.4 is 25.4 Å². The third-order valence-corrected chi connectivity index (χ3v) is 10.6. The number of methoxy groups -OCH3 is 2. The van der Waals surface area contributed by atoms with Gasteiger partial charge in [0.15, 0.2) is 0 Å². The van der Waals surface area contributed by atoms with Crippen LogP contribution in [0.25, 0.3) is 0 Å². The zero-order chi connectivity index (χ0) is 37.7. The number of hydrogen-bond donors (Lipinski definition) is 4. The molecule has 3 aromatic carbocycles. The number of carboxylic acid groups (broad SMARTS) is 1. The second-order valence-electron chi connectivity index (χ2n) is 14.2. The molecule has 3 aromatic rings. The fourth-order valence-corrected chi connectivity index (χ4v) is 7.51. The van der Waals surface area contributed by atoms with Crippen LogP contribution in [0.2, 0.25) is 0 Å². The number of amides is 6. The van der Waals surface area contributed by atoms with Crippen molar-refractivity contribution in [3.63, 3.8) is 0 Å². The van der Waals surface area contributed by atoms with E-state index in [0.717, 1.165) is 48.1 Å². The summed E-state index contributed by atoms with van der Waals surface area (Å²) < 4.78 is 10.8. The molecule has 2 atom stereocenters. The second-order valence-corrected chi connectivity index (χ2v) is 14.2. The number of ether oxygens (including phenoxy) is 2. The lowest BCUT2D eigenvalue weighted by atomic mass is 9.80. The lowest BCUT2D eigenvalue weighted by Crippen LogP contribution is -2.53. The Hall–Kier alpha value is -5.59. The quantitative estimate of drug-likeness (QED) is 0.135. The standard InChI is InChI=1S/C40H47N5O8/c1-25-9-5-6-10-31(25)43-38(50)41-28-15-13-27(14-16-28)24-44-39(51)45(37(49)40(44)19-7-4-8-20-40)33(21-26-11-12-26)36(48)42-32(23-35(46)47)30-18-17-29(52-2)22-34(30)53-3/h5-6,9-10,13-18,22,26,32-33H,4,7-8,11-12,19-21,23-24H2,1-3H3,(H,42,48)(H,46,47)(H2,41,43,50)/t32?,33-/m0/s1. The molecule has 2 saturated carbocycles. The summed E-state index contributed by atoms with van der Waals surface area (Å²) in [7, 11) is 2.95. The molecule has 0 bridgehead atoms. The van der Waals surface area contributed by atoms with Crippen LogP contribution in [0.4, 0.5) is 21.0 Å². The van der Waals surface area contributed by atoms with Crippen LogP contribution in [-0.2, 0) is 20.9 Å². The Bertz CT molecular complexity index is 1850. The van der Waals surface area contributed by atoms with Crippen LogP contribution in [0.5, 0.6) is 11.5 Å². The average Bonchev–Trinajstić information content (AvgIpc) is 3.96. The van der Waals surface area contributed by atoms with Gasteiger partial charge in [-0.2, -0.15) is 0 Å². The van der Waals surface area contributed by atoms with Gasteiger partial charge in [0.2, 0.25) is 5.91 Å². The highest BCUT2D eigenvalue weighted by Crippen LogP contribution is 2.44. The van der Waals surface area contributed by atoms with Crippen molar-refractivity contribution in [2.24, 2.45) is 5.92 Å². The summed E-state index contributed by atoms with van der Waals surface area (Å²) in [6.07, 6.45) is 5.03. The van der Waals surface area contributed by atoms with Gasteiger partial charge in [0.05, 0.1) is 26.7 Å². The molecule has 0 radical (unpaired) electrons. The first kappa shape index (κ1) is 37.2. The van der Waals surface area contributed by atoms with Gasteiger partial charge in [0.1, 0.15) is 23.1 Å². The van der Waals surface area contributed by atoms with Crippen molar-refractivity contribution in [2.75, 3.05) is 24.9 Å². The molecule has 13 nitrogen and oxygen atoms in total. The molecule has 1 aliphatic heterocycles. The number of carbonyl (C=O) groups is 5. The number of carboxylic acids is 1. The van der Waals surface area contributed by atoms with E-state index in [-0.39, 0.29) is 30.8 Å². The molecule has 6 amide bonds.